The van der Waals surface area contributed by atoms with Gasteiger partial charge in [0, 0.05) is 19.5 Å². The number of urea groups is 1. The number of amides is 4. The van der Waals surface area contributed by atoms with E-state index in [9.17, 15) is 14.4 Å². The topological polar surface area (TPSA) is 118 Å². The molecule has 1 aliphatic heterocycles. The van der Waals surface area contributed by atoms with E-state index in [1.54, 1.807) is 0 Å². The summed E-state index contributed by atoms with van der Waals surface area (Å²) in [7, 11) is -0.551. The van der Waals surface area contributed by atoms with E-state index in [0.717, 1.165) is 51.4 Å². The summed E-state index contributed by atoms with van der Waals surface area (Å²) in [5.74, 6) is 0.505. The van der Waals surface area contributed by atoms with Gasteiger partial charge in [-0.3, -0.25) is 9.59 Å². The molecule has 3 aliphatic carbocycles. The molecule has 4 aliphatic rings. The SMILES string of the molecule is CCCCCCCCCC(=O)N[C@@H](CNC(=O)NCCCCC)C(=O)N[C@@H](CC(C)C)B1O[C@@H]2C[C@H]3C[C@H](C3(C)C)[C@]2(C)O1. The van der Waals surface area contributed by atoms with Crippen molar-refractivity contribution < 1.29 is 23.7 Å². The molecule has 10 heteroatoms. The average molecular weight is 619 g/mol. The highest BCUT2D eigenvalue weighted by molar-refractivity contribution is 6.48. The molecule has 6 atom stereocenters. The summed E-state index contributed by atoms with van der Waals surface area (Å²) in [4.78, 5) is 39.2. The lowest BCUT2D eigenvalue weighted by molar-refractivity contribution is -0.199. The second kappa shape index (κ2) is 17.2. The van der Waals surface area contributed by atoms with Crippen LogP contribution in [0.1, 0.15) is 138 Å². The van der Waals surface area contributed by atoms with Crippen LogP contribution < -0.4 is 21.3 Å². The van der Waals surface area contributed by atoms with Gasteiger partial charge >= 0.3 is 13.1 Å². The summed E-state index contributed by atoms with van der Waals surface area (Å²) in [5, 5.41) is 11.7. The molecular weight excluding hydrogens is 555 g/mol. The van der Waals surface area contributed by atoms with Crippen LogP contribution in [0.15, 0.2) is 0 Å². The lowest BCUT2D eigenvalue weighted by atomic mass is 9.43. The minimum Gasteiger partial charge on any atom is -0.404 e. The Hall–Kier alpha value is -1.81. The maximum absolute atomic E-state index is 13.8. The molecular formula is C34H63BN4O5. The van der Waals surface area contributed by atoms with E-state index in [2.05, 4.69) is 69.7 Å². The monoisotopic (exact) mass is 618 g/mol. The predicted octanol–water partition coefficient (Wildman–Crippen LogP) is 5.90. The summed E-state index contributed by atoms with van der Waals surface area (Å²) in [5.41, 5.74) is -0.140. The first-order valence-electron chi connectivity index (χ1n) is 17.9. The van der Waals surface area contributed by atoms with Gasteiger partial charge < -0.3 is 30.6 Å². The van der Waals surface area contributed by atoms with Crippen LogP contribution in [0.4, 0.5) is 4.79 Å². The van der Waals surface area contributed by atoms with Gasteiger partial charge in [-0.25, -0.2) is 4.79 Å². The molecule has 0 unspecified atom stereocenters. The van der Waals surface area contributed by atoms with Crippen LogP contribution in [0, 0.1) is 23.2 Å². The van der Waals surface area contributed by atoms with Gasteiger partial charge in [-0.15, -0.1) is 0 Å². The van der Waals surface area contributed by atoms with Gasteiger partial charge in [0.2, 0.25) is 11.8 Å². The minimum atomic E-state index is -0.894. The maximum atomic E-state index is 13.8. The summed E-state index contributed by atoms with van der Waals surface area (Å²) in [6, 6.07) is -1.23. The molecule has 4 N–H and O–H groups in total. The fourth-order valence-corrected chi connectivity index (χ4v) is 7.65. The van der Waals surface area contributed by atoms with Crippen LogP contribution in [0.2, 0.25) is 0 Å². The summed E-state index contributed by atoms with van der Waals surface area (Å²) < 4.78 is 13.3. The van der Waals surface area contributed by atoms with Crippen LogP contribution in [0.25, 0.3) is 0 Å². The Morgan fingerprint density at radius 2 is 1.52 bits per heavy atom. The zero-order valence-electron chi connectivity index (χ0n) is 28.9. The molecule has 4 fully saturated rings. The number of nitrogens with one attached hydrogen (secondary N) is 4. The average Bonchev–Trinajstić information content (AvgIpc) is 3.33. The van der Waals surface area contributed by atoms with Crippen LogP contribution in [0.3, 0.4) is 0 Å². The molecule has 4 rings (SSSR count). The number of rotatable bonds is 20. The predicted molar refractivity (Wildman–Crippen MR) is 177 cm³/mol. The lowest BCUT2D eigenvalue weighted by Crippen LogP contribution is -2.65. The van der Waals surface area contributed by atoms with Crippen molar-refractivity contribution >= 4 is 25.0 Å². The molecule has 252 valence electrons. The van der Waals surface area contributed by atoms with Crippen LogP contribution >= 0.6 is 0 Å². The number of carbonyl (C=O) groups is 3. The minimum absolute atomic E-state index is 0.00721. The van der Waals surface area contributed by atoms with Crippen molar-refractivity contribution in [3.8, 4) is 0 Å². The van der Waals surface area contributed by atoms with Crippen molar-refractivity contribution in [1.29, 1.82) is 0 Å². The highest BCUT2D eigenvalue weighted by atomic mass is 16.7. The second-order valence-electron chi connectivity index (χ2n) is 14.9. The van der Waals surface area contributed by atoms with E-state index in [1.807, 2.05) is 0 Å². The summed E-state index contributed by atoms with van der Waals surface area (Å²) >= 11 is 0. The summed E-state index contributed by atoms with van der Waals surface area (Å²) in [6.07, 6.45) is 14.0. The fourth-order valence-electron chi connectivity index (χ4n) is 7.65. The molecule has 3 saturated carbocycles. The van der Waals surface area contributed by atoms with E-state index in [1.165, 1.54) is 25.7 Å². The third kappa shape index (κ3) is 9.85. The Morgan fingerprint density at radius 3 is 2.18 bits per heavy atom. The van der Waals surface area contributed by atoms with Crippen molar-refractivity contribution in [2.75, 3.05) is 13.1 Å². The molecule has 0 aromatic heterocycles. The van der Waals surface area contributed by atoms with Crippen molar-refractivity contribution in [2.45, 2.75) is 162 Å². The third-order valence-electron chi connectivity index (χ3n) is 10.5. The first-order chi connectivity index (χ1) is 20.9. The van der Waals surface area contributed by atoms with E-state index in [4.69, 9.17) is 9.31 Å². The fraction of sp³-hybridized carbons (Fsp3) is 0.912. The first kappa shape index (κ1) is 36.7. The molecule has 44 heavy (non-hydrogen) atoms. The molecule has 9 nitrogen and oxygen atoms in total. The van der Waals surface area contributed by atoms with E-state index in [-0.39, 0.29) is 47.5 Å². The standard InChI is InChI=1S/C34H63BN4O5/c1-8-10-12-13-14-15-16-18-30(40)38-26(23-37-32(42)36-19-17-11-9-2)31(41)39-29(20-24(3)4)35-43-28-22-25-21-27(33(25,5)6)34(28,7)44-35/h24-29H,8-23H2,1-7H3,(H,38,40)(H,39,41)(H2,36,37,42)/t25-,26+,27-,28-,29+,34+/m1/s1. The van der Waals surface area contributed by atoms with Gasteiger partial charge in [-0.1, -0.05) is 92.9 Å². The van der Waals surface area contributed by atoms with E-state index < -0.39 is 13.2 Å². The second-order valence-corrected chi connectivity index (χ2v) is 14.9. The number of unbranched alkanes of at least 4 members (excludes halogenated alkanes) is 8. The lowest BCUT2D eigenvalue weighted by Gasteiger charge is -2.64. The quantitative estimate of drug-likeness (QED) is 0.100. The Bertz CT molecular complexity index is 933. The third-order valence-corrected chi connectivity index (χ3v) is 10.5. The first-order valence-corrected chi connectivity index (χ1v) is 17.9. The van der Waals surface area contributed by atoms with Crippen LogP contribution in [-0.4, -0.2) is 61.7 Å². The van der Waals surface area contributed by atoms with Gasteiger partial charge in [0.15, 0.2) is 0 Å². The van der Waals surface area contributed by atoms with E-state index in [0.29, 0.717) is 37.1 Å². The number of hydrogen-bond donors (Lipinski definition) is 4. The Morgan fingerprint density at radius 1 is 0.864 bits per heavy atom. The highest BCUT2D eigenvalue weighted by Crippen LogP contribution is 2.65. The molecule has 0 aromatic rings. The molecule has 0 spiro atoms. The zero-order valence-corrected chi connectivity index (χ0v) is 28.9. The molecule has 0 aromatic carbocycles. The Kier molecular flexibility index (Phi) is 14.3. The van der Waals surface area contributed by atoms with Crippen molar-refractivity contribution in [2.24, 2.45) is 23.2 Å². The van der Waals surface area contributed by atoms with Gasteiger partial charge in [-0.05, 0) is 62.2 Å². The van der Waals surface area contributed by atoms with Crippen molar-refractivity contribution in [1.82, 2.24) is 21.3 Å². The molecule has 2 bridgehead atoms. The van der Waals surface area contributed by atoms with Gasteiger partial charge in [-0.2, -0.15) is 0 Å². The van der Waals surface area contributed by atoms with Crippen LogP contribution in [-0.2, 0) is 18.9 Å². The molecule has 0 radical (unpaired) electrons. The van der Waals surface area contributed by atoms with E-state index >= 15 is 0 Å². The normalized spacial score (nSPS) is 26.4. The number of carbonyl (C=O) groups excluding carboxylic acids is 3. The zero-order chi connectivity index (χ0) is 32.3. The van der Waals surface area contributed by atoms with Crippen molar-refractivity contribution in [3.05, 3.63) is 0 Å². The maximum Gasteiger partial charge on any atom is 0.481 e. The van der Waals surface area contributed by atoms with Crippen molar-refractivity contribution in [3.63, 3.8) is 0 Å². The van der Waals surface area contributed by atoms with Gasteiger partial charge in [0.05, 0.1) is 17.6 Å². The Balaban J connectivity index is 1.61. The smallest absolute Gasteiger partial charge is 0.404 e. The summed E-state index contributed by atoms with van der Waals surface area (Å²) in [6.45, 7) is 16.0. The largest absolute Gasteiger partial charge is 0.481 e. The highest BCUT2D eigenvalue weighted by Gasteiger charge is 2.68. The van der Waals surface area contributed by atoms with Gasteiger partial charge in [0.1, 0.15) is 6.04 Å². The molecule has 1 heterocycles. The van der Waals surface area contributed by atoms with Gasteiger partial charge in [0.25, 0.3) is 0 Å². The molecule has 4 amide bonds. The molecule has 1 saturated heterocycles. The van der Waals surface area contributed by atoms with Crippen LogP contribution in [0.5, 0.6) is 0 Å². The number of hydrogen-bond acceptors (Lipinski definition) is 5. The Labute approximate surface area is 268 Å².